The fraction of sp³-hybridized carbons (Fsp3) is 0.588. The van der Waals surface area contributed by atoms with Crippen LogP contribution in [0, 0.1) is 0 Å². The summed E-state index contributed by atoms with van der Waals surface area (Å²) in [6, 6.07) is 10.3. The maximum atomic E-state index is 12.0. The van der Waals surface area contributed by atoms with Gasteiger partial charge in [0.25, 0.3) is 0 Å². The Morgan fingerprint density at radius 3 is 2.29 bits per heavy atom. The number of amides is 1. The molecule has 2 atom stereocenters. The third kappa shape index (κ3) is 8.08. The Bertz CT molecular complexity index is 384. The van der Waals surface area contributed by atoms with Crippen molar-refractivity contribution in [3.63, 3.8) is 0 Å². The maximum absolute atomic E-state index is 12.0. The molecule has 0 saturated heterocycles. The summed E-state index contributed by atoms with van der Waals surface area (Å²) in [4.78, 5) is 12.0. The van der Waals surface area contributed by atoms with Crippen molar-refractivity contribution in [1.82, 2.24) is 5.32 Å². The molecule has 21 heavy (non-hydrogen) atoms. The number of benzene rings is 1. The average Bonchev–Trinajstić information content (AvgIpc) is 2.46. The summed E-state index contributed by atoms with van der Waals surface area (Å²) in [6.07, 6.45) is 5.75. The molecule has 0 bridgehead atoms. The van der Waals surface area contributed by atoms with E-state index in [1.54, 1.807) is 0 Å². The Morgan fingerprint density at radius 1 is 1.10 bits per heavy atom. The molecule has 2 unspecified atom stereocenters. The minimum absolute atomic E-state index is 0. The fourth-order valence-electron chi connectivity index (χ4n) is 2.37. The lowest BCUT2D eigenvalue weighted by molar-refractivity contribution is -0.123. The minimum atomic E-state index is -0.365. The quantitative estimate of drug-likeness (QED) is 0.733. The Balaban J connectivity index is 0.00000400. The van der Waals surface area contributed by atoms with Gasteiger partial charge in [-0.2, -0.15) is 0 Å². The van der Waals surface area contributed by atoms with Crippen molar-refractivity contribution < 1.29 is 4.79 Å². The second-order valence-electron chi connectivity index (χ2n) is 5.41. The number of halogens is 1. The number of carbonyl (C=O) groups is 1. The normalized spacial score (nSPS) is 13.1. The highest BCUT2D eigenvalue weighted by atomic mass is 35.5. The van der Waals surface area contributed by atoms with E-state index in [2.05, 4.69) is 36.5 Å². The van der Waals surface area contributed by atoms with Crippen LogP contribution in [0.15, 0.2) is 30.3 Å². The van der Waals surface area contributed by atoms with Crippen LogP contribution in [0.25, 0.3) is 0 Å². The number of rotatable bonds is 9. The van der Waals surface area contributed by atoms with Gasteiger partial charge in [-0.3, -0.25) is 4.79 Å². The molecule has 120 valence electrons. The van der Waals surface area contributed by atoms with Gasteiger partial charge in [0.1, 0.15) is 0 Å². The standard InChI is InChI=1S/C17H28N2O.ClH/c1-3-8-15(19-17(20)16(18)9-4-2)13-12-14-10-6-5-7-11-14;/h5-7,10-11,15-16H,3-4,8-9,12-13,18H2,1-2H3,(H,19,20);1H. The van der Waals surface area contributed by atoms with Crippen molar-refractivity contribution in [3.8, 4) is 0 Å². The molecule has 0 radical (unpaired) electrons. The van der Waals surface area contributed by atoms with E-state index in [0.717, 1.165) is 38.5 Å². The molecule has 3 N–H and O–H groups in total. The van der Waals surface area contributed by atoms with Gasteiger partial charge in [-0.25, -0.2) is 0 Å². The summed E-state index contributed by atoms with van der Waals surface area (Å²) in [5, 5.41) is 3.11. The molecule has 1 amide bonds. The first-order valence-electron chi connectivity index (χ1n) is 7.77. The Morgan fingerprint density at radius 2 is 1.71 bits per heavy atom. The van der Waals surface area contributed by atoms with Gasteiger partial charge in [0.2, 0.25) is 5.91 Å². The van der Waals surface area contributed by atoms with Crippen molar-refractivity contribution in [2.75, 3.05) is 0 Å². The number of nitrogens with two attached hydrogens (primary N) is 1. The molecule has 0 spiro atoms. The van der Waals surface area contributed by atoms with Crippen LogP contribution in [-0.2, 0) is 11.2 Å². The van der Waals surface area contributed by atoms with Gasteiger partial charge in [-0.15, -0.1) is 12.4 Å². The lowest BCUT2D eigenvalue weighted by Crippen LogP contribution is -2.45. The number of nitrogens with one attached hydrogen (secondary N) is 1. The number of hydrogen-bond acceptors (Lipinski definition) is 2. The van der Waals surface area contributed by atoms with E-state index in [4.69, 9.17) is 5.73 Å². The lowest BCUT2D eigenvalue weighted by atomic mass is 10.0. The van der Waals surface area contributed by atoms with Gasteiger partial charge in [-0.05, 0) is 31.2 Å². The molecule has 1 rings (SSSR count). The van der Waals surface area contributed by atoms with Crippen LogP contribution in [0.3, 0.4) is 0 Å². The zero-order chi connectivity index (χ0) is 14.8. The van der Waals surface area contributed by atoms with Gasteiger partial charge in [0.15, 0.2) is 0 Å². The highest BCUT2D eigenvalue weighted by molar-refractivity contribution is 5.85. The monoisotopic (exact) mass is 312 g/mol. The van der Waals surface area contributed by atoms with Crippen LogP contribution in [0.4, 0.5) is 0 Å². The van der Waals surface area contributed by atoms with Gasteiger partial charge in [-0.1, -0.05) is 57.0 Å². The van der Waals surface area contributed by atoms with E-state index in [9.17, 15) is 4.79 Å². The van der Waals surface area contributed by atoms with E-state index in [1.165, 1.54) is 5.56 Å². The van der Waals surface area contributed by atoms with Crippen molar-refractivity contribution in [2.24, 2.45) is 5.73 Å². The molecular weight excluding hydrogens is 284 g/mol. The number of carbonyl (C=O) groups excluding carboxylic acids is 1. The Kier molecular flexibility index (Phi) is 11.0. The van der Waals surface area contributed by atoms with E-state index in [-0.39, 0.29) is 30.4 Å². The molecule has 0 saturated carbocycles. The molecule has 0 aliphatic heterocycles. The maximum Gasteiger partial charge on any atom is 0.237 e. The third-order valence-corrected chi connectivity index (χ3v) is 3.54. The van der Waals surface area contributed by atoms with Crippen LogP contribution in [-0.4, -0.2) is 18.0 Å². The SMILES string of the molecule is CCCC(CCc1ccccc1)NC(=O)C(N)CCC.Cl. The van der Waals surface area contributed by atoms with Crippen LogP contribution >= 0.6 is 12.4 Å². The van der Waals surface area contributed by atoms with Gasteiger partial charge in [0.05, 0.1) is 6.04 Å². The largest absolute Gasteiger partial charge is 0.352 e. The first-order chi connectivity index (χ1) is 9.67. The number of aryl methyl sites for hydroxylation is 1. The van der Waals surface area contributed by atoms with Crippen molar-refractivity contribution >= 4 is 18.3 Å². The van der Waals surface area contributed by atoms with Crippen molar-refractivity contribution in [2.45, 2.75) is 64.5 Å². The second-order valence-corrected chi connectivity index (χ2v) is 5.41. The summed E-state index contributed by atoms with van der Waals surface area (Å²) >= 11 is 0. The summed E-state index contributed by atoms with van der Waals surface area (Å²) in [6.45, 7) is 4.19. The summed E-state index contributed by atoms with van der Waals surface area (Å²) < 4.78 is 0. The summed E-state index contributed by atoms with van der Waals surface area (Å²) in [7, 11) is 0. The minimum Gasteiger partial charge on any atom is -0.352 e. The Labute approximate surface area is 135 Å². The van der Waals surface area contributed by atoms with Crippen molar-refractivity contribution in [3.05, 3.63) is 35.9 Å². The van der Waals surface area contributed by atoms with E-state index in [1.807, 2.05) is 13.0 Å². The molecule has 1 aromatic carbocycles. The first-order valence-corrected chi connectivity index (χ1v) is 7.77. The van der Waals surface area contributed by atoms with E-state index < -0.39 is 0 Å². The highest BCUT2D eigenvalue weighted by Gasteiger charge is 2.16. The van der Waals surface area contributed by atoms with Crippen molar-refractivity contribution in [1.29, 1.82) is 0 Å². The summed E-state index contributed by atoms with van der Waals surface area (Å²) in [5.41, 5.74) is 7.19. The fourth-order valence-corrected chi connectivity index (χ4v) is 2.37. The smallest absolute Gasteiger partial charge is 0.237 e. The predicted molar refractivity (Wildman–Crippen MR) is 91.7 cm³/mol. The third-order valence-electron chi connectivity index (χ3n) is 3.54. The van der Waals surface area contributed by atoms with Gasteiger partial charge in [0, 0.05) is 6.04 Å². The van der Waals surface area contributed by atoms with Crippen LogP contribution < -0.4 is 11.1 Å². The lowest BCUT2D eigenvalue weighted by Gasteiger charge is -2.20. The van der Waals surface area contributed by atoms with Crippen LogP contribution in [0.5, 0.6) is 0 Å². The highest BCUT2D eigenvalue weighted by Crippen LogP contribution is 2.09. The molecule has 3 nitrogen and oxygen atoms in total. The van der Waals surface area contributed by atoms with Gasteiger partial charge < -0.3 is 11.1 Å². The molecule has 0 fully saturated rings. The van der Waals surface area contributed by atoms with E-state index >= 15 is 0 Å². The van der Waals surface area contributed by atoms with Gasteiger partial charge >= 0.3 is 0 Å². The van der Waals surface area contributed by atoms with Crippen LogP contribution in [0.1, 0.15) is 51.5 Å². The number of hydrogen-bond donors (Lipinski definition) is 2. The Hall–Kier alpha value is -1.06. The molecule has 0 aliphatic carbocycles. The summed E-state index contributed by atoms with van der Waals surface area (Å²) in [5.74, 6) is -0.00152. The topological polar surface area (TPSA) is 55.1 Å². The zero-order valence-electron chi connectivity index (χ0n) is 13.2. The first kappa shape index (κ1) is 19.9. The molecule has 0 aliphatic rings. The molecule has 4 heteroatoms. The molecule has 1 aromatic rings. The van der Waals surface area contributed by atoms with Crippen LogP contribution in [0.2, 0.25) is 0 Å². The molecular formula is C17H29ClN2O. The molecule has 0 aromatic heterocycles. The predicted octanol–water partition coefficient (Wildman–Crippen LogP) is 3.45. The average molecular weight is 313 g/mol. The zero-order valence-corrected chi connectivity index (χ0v) is 14.0. The second kappa shape index (κ2) is 11.6. The van der Waals surface area contributed by atoms with E-state index in [0.29, 0.717) is 0 Å². The molecule has 0 heterocycles.